The predicted molar refractivity (Wildman–Crippen MR) is 115 cm³/mol. The van der Waals surface area contributed by atoms with Gasteiger partial charge in [-0.25, -0.2) is 9.28 Å². The van der Waals surface area contributed by atoms with E-state index >= 15 is 0 Å². The lowest BCUT2D eigenvalue weighted by Gasteiger charge is -2.54. The first kappa shape index (κ1) is 26.0. The van der Waals surface area contributed by atoms with E-state index in [1.165, 1.54) is 0 Å². The Bertz CT molecular complexity index is 1260. The van der Waals surface area contributed by atoms with Crippen LogP contribution in [-0.4, -0.2) is 115 Å². The fourth-order valence-corrected chi connectivity index (χ4v) is 7.28. The molecule has 2 bridgehead atoms. The maximum atomic E-state index is 13.4. The highest BCUT2D eigenvalue weighted by Gasteiger charge is 3.04. The Hall–Kier alpha value is -2.65. The van der Waals surface area contributed by atoms with Crippen LogP contribution in [0.3, 0.4) is 0 Å². The Labute approximate surface area is 213 Å². The number of likely N-dealkylation sites (N-methyl/N-ethyl adjacent to an activating group) is 1. The van der Waals surface area contributed by atoms with Gasteiger partial charge in [0.05, 0.1) is 19.9 Å². The number of esters is 1. The molecule has 0 aliphatic carbocycles. The molecule has 5 heterocycles. The smallest absolute Gasteiger partial charge is 0.350 e. The zero-order valence-electron chi connectivity index (χ0n) is 18.6. The summed E-state index contributed by atoms with van der Waals surface area (Å²) in [5.41, 5.74) is -8.62. The number of aliphatic hydroxyl groups is 6. The molecular formula is C19H22NO15S2+. The van der Waals surface area contributed by atoms with Crippen LogP contribution in [0, 0.1) is 0 Å². The minimum atomic E-state index is -3.30. The number of quaternary nitrogens is 1. The zero-order valence-corrected chi connectivity index (χ0v) is 20.2. The number of carbonyl (C=O) groups excluding carboxylic acids is 1. The Morgan fingerprint density at radius 3 is 1.65 bits per heavy atom. The highest BCUT2D eigenvalue weighted by Crippen LogP contribution is 2.72. The van der Waals surface area contributed by atoms with E-state index in [9.17, 15) is 66.1 Å². The van der Waals surface area contributed by atoms with Gasteiger partial charge in [0.2, 0.25) is 27.2 Å². The molecule has 4 atom stereocenters. The summed E-state index contributed by atoms with van der Waals surface area (Å²) in [4.78, 5) is 11.6. The molecular weight excluding hydrogens is 546 g/mol. The number of aromatic hydroxyl groups is 6. The number of rotatable bonds is 5. The van der Waals surface area contributed by atoms with E-state index in [-0.39, 0.29) is 22.7 Å². The first-order chi connectivity index (χ1) is 16.9. The van der Waals surface area contributed by atoms with Crippen molar-refractivity contribution in [2.75, 3.05) is 13.8 Å². The molecule has 0 amide bonds. The highest BCUT2D eigenvalue weighted by molar-refractivity contribution is 7.16. The van der Waals surface area contributed by atoms with Crippen molar-refractivity contribution in [1.29, 1.82) is 0 Å². The third-order valence-electron chi connectivity index (χ3n) is 7.65. The summed E-state index contributed by atoms with van der Waals surface area (Å²) in [7, 11) is 1.10. The second-order valence-electron chi connectivity index (χ2n) is 9.37. The molecule has 3 aliphatic heterocycles. The molecule has 0 saturated carbocycles. The summed E-state index contributed by atoms with van der Waals surface area (Å²) < 4.78 is 8.96. The van der Waals surface area contributed by atoms with Crippen molar-refractivity contribution in [2.24, 2.45) is 0 Å². The largest absolute Gasteiger partial charge is 0.503 e. The van der Waals surface area contributed by atoms with Crippen LogP contribution in [0.4, 0.5) is 0 Å². The van der Waals surface area contributed by atoms with Crippen molar-refractivity contribution < 1.29 is 80.0 Å². The molecule has 5 rings (SSSR count). The molecule has 4 unspecified atom stereocenters. The molecule has 2 aromatic rings. The van der Waals surface area contributed by atoms with Gasteiger partial charge in [0.1, 0.15) is 15.9 Å². The van der Waals surface area contributed by atoms with Gasteiger partial charge in [-0.1, -0.05) is 22.7 Å². The first-order valence-corrected chi connectivity index (χ1v) is 12.0. The summed E-state index contributed by atoms with van der Waals surface area (Å²) in [5, 5.41) is 123. The van der Waals surface area contributed by atoms with Crippen molar-refractivity contribution in [3.63, 3.8) is 0 Å². The molecule has 37 heavy (non-hydrogen) atoms. The van der Waals surface area contributed by atoms with E-state index in [1.54, 1.807) is 0 Å². The van der Waals surface area contributed by atoms with Crippen molar-refractivity contribution in [1.82, 2.24) is 0 Å². The van der Waals surface area contributed by atoms with Gasteiger partial charge >= 0.3 is 17.5 Å². The number of aliphatic hydroxyl groups excluding tert-OH is 1. The van der Waals surface area contributed by atoms with Gasteiger partial charge in [0, 0.05) is 0 Å². The average Bonchev–Trinajstić information content (AvgIpc) is 3.22. The van der Waals surface area contributed by atoms with Crippen molar-refractivity contribution >= 4 is 28.6 Å². The summed E-state index contributed by atoms with van der Waals surface area (Å²) in [6.45, 7) is -1.01. The van der Waals surface area contributed by atoms with Gasteiger partial charge in [-0.3, -0.25) is 4.74 Å². The van der Waals surface area contributed by atoms with Crippen LogP contribution in [-0.2, 0) is 19.9 Å². The highest BCUT2D eigenvalue weighted by atomic mass is 32.1. The molecule has 204 valence electrons. The van der Waals surface area contributed by atoms with Crippen molar-refractivity contribution in [3.05, 3.63) is 9.75 Å². The normalized spacial score (nSPS) is 38.4. The van der Waals surface area contributed by atoms with E-state index < -0.39 is 108 Å². The Balaban J connectivity index is 1.58. The standard InChI is InChI=1S/C19H21NO15S2/c1-20(4-21)15(29)2-5(3-16(20,30)19(33)18(15,32)35-19)34-14(28)17(31,10-6(22)8(24)12(26)36-10)11-7(23)9(25)13(27)37-11/h5,21,29-33H,2-4H2,1H3,(H5-,22,23,24,25,26,27)/p+1. The molecule has 0 aromatic carbocycles. The van der Waals surface area contributed by atoms with Crippen molar-refractivity contribution in [3.8, 4) is 33.1 Å². The quantitative estimate of drug-likeness (QED) is 0.0984. The number of fused-ring (bicyclic) bond motifs is 5. The topological polar surface area (TPSA) is 282 Å². The Morgan fingerprint density at radius 1 is 0.919 bits per heavy atom. The van der Waals surface area contributed by atoms with E-state index in [0.29, 0.717) is 0 Å². The van der Waals surface area contributed by atoms with Gasteiger partial charge < -0.3 is 66.0 Å². The van der Waals surface area contributed by atoms with Crippen LogP contribution >= 0.6 is 22.7 Å². The number of carbonyl (C=O) groups is 1. The van der Waals surface area contributed by atoms with Gasteiger partial charge in [-0.15, -0.1) is 0 Å². The summed E-state index contributed by atoms with van der Waals surface area (Å²) >= 11 is 0.161. The summed E-state index contributed by atoms with van der Waals surface area (Å²) in [5.74, 6) is -12.0. The van der Waals surface area contributed by atoms with E-state index in [0.717, 1.165) is 7.05 Å². The number of nitrogens with zero attached hydrogens (tertiary/aromatic N) is 1. The van der Waals surface area contributed by atoms with E-state index in [1.807, 2.05) is 0 Å². The third kappa shape index (κ3) is 2.55. The number of thiophene rings is 2. The average molecular weight is 569 g/mol. The van der Waals surface area contributed by atoms with E-state index in [4.69, 9.17) is 9.47 Å². The monoisotopic (exact) mass is 568 g/mol. The van der Waals surface area contributed by atoms with Gasteiger partial charge in [0.25, 0.3) is 11.4 Å². The zero-order chi connectivity index (χ0) is 27.7. The number of ether oxygens (including phenoxy) is 2. The lowest BCUT2D eigenvalue weighted by atomic mass is 9.89. The van der Waals surface area contributed by atoms with Crippen molar-refractivity contribution in [2.45, 2.75) is 47.6 Å². The third-order valence-corrected chi connectivity index (χ3v) is 9.81. The molecule has 0 radical (unpaired) electrons. The summed E-state index contributed by atoms with van der Waals surface area (Å²) in [6.07, 6.45) is -3.20. The van der Waals surface area contributed by atoms with Crippen LogP contribution in [0.5, 0.6) is 33.1 Å². The molecule has 18 heteroatoms. The molecule has 12 N–H and O–H groups in total. The van der Waals surface area contributed by atoms with Crippen LogP contribution < -0.4 is 0 Å². The SMILES string of the molecule is C[N+]1(CO)C2(O)CC(OC(=O)C(O)(c3sc(O)c(O)c3O)c3sc(O)c(O)c3O)CC1(O)C1(O)OC12O. The minimum absolute atomic E-state index is 0.0805. The van der Waals surface area contributed by atoms with Crippen LogP contribution in [0.1, 0.15) is 22.6 Å². The number of epoxide rings is 1. The fourth-order valence-electron chi connectivity index (χ4n) is 5.39. The molecule has 3 fully saturated rings. The lowest BCUT2D eigenvalue weighted by Crippen LogP contribution is -2.78. The molecule has 3 aliphatic rings. The number of morpholine rings is 1. The second kappa shape index (κ2) is 7.05. The van der Waals surface area contributed by atoms with Gasteiger partial charge in [0.15, 0.2) is 18.2 Å². The minimum Gasteiger partial charge on any atom is -0.503 e. The van der Waals surface area contributed by atoms with E-state index in [2.05, 4.69) is 0 Å². The number of piperidine rings is 1. The molecule has 2 aromatic heterocycles. The lowest BCUT2D eigenvalue weighted by molar-refractivity contribution is -1.06. The maximum absolute atomic E-state index is 13.4. The predicted octanol–water partition coefficient (Wildman–Crippen LogP) is -2.82. The van der Waals surface area contributed by atoms with Gasteiger partial charge in [-0.2, -0.15) is 0 Å². The second-order valence-corrected chi connectivity index (χ2v) is 11.4. The number of hydrogen-bond donors (Lipinski definition) is 12. The Morgan fingerprint density at radius 2 is 1.32 bits per heavy atom. The summed E-state index contributed by atoms with van der Waals surface area (Å²) in [6, 6.07) is 0. The van der Waals surface area contributed by atoms with Crippen LogP contribution in [0.2, 0.25) is 0 Å². The van der Waals surface area contributed by atoms with Crippen LogP contribution in [0.25, 0.3) is 0 Å². The fraction of sp³-hybridized carbons (Fsp3) is 0.526. The molecule has 3 saturated heterocycles. The van der Waals surface area contributed by atoms with Gasteiger partial charge in [-0.05, 0) is 0 Å². The number of hydrogen-bond acceptors (Lipinski definition) is 17. The maximum Gasteiger partial charge on any atom is 0.350 e. The molecule has 16 nitrogen and oxygen atoms in total. The molecule has 0 spiro atoms. The van der Waals surface area contributed by atoms with Crippen LogP contribution in [0.15, 0.2) is 0 Å². The Kier molecular flexibility index (Phi) is 4.95. The first-order valence-electron chi connectivity index (χ1n) is 10.4.